The van der Waals surface area contributed by atoms with Gasteiger partial charge in [-0.05, 0) is 73.2 Å². The fourth-order valence-corrected chi connectivity index (χ4v) is 4.05. The van der Waals surface area contributed by atoms with Crippen molar-refractivity contribution in [1.82, 2.24) is 10.6 Å². The van der Waals surface area contributed by atoms with Gasteiger partial charge in [-0.3, -0.25) is 4.79 Å². The lowest BCUT2D eigenvalue weighted by molar-refractivity contribution is 0.0950. The summed E-state index contributed by atoms with van der Waals surface area (Å²) in [5.41, 5.74) is 14.6. The molecule has 8 heteroatoms. The molecule has 3 rings (SSSR count). The lowest BCUT2D eigenvalue weighted by Gasteiger charge is -2.29. The highest BCUT2D eigenvalue weighted by molar-refractivity contribution is 5.94. The molecule has 2 aromatic rings. The second-order valence-corrected chi connectivity index (χ2v) is 8.18. The first-order chi connectivity index (χ1) is 15.4. The molecule has 0 spiro atoms. The minimum absolute atomic E-state index is 0.0314. The number of ether oxygens (including phenoxy) is 2. The molecule has 172 valence electrons. The van der Waals surface area contributed by atoms with E-state index >= 15 is 0 Å². The van der Waals surface area contributed by atoms with Crippen LogP contribution in [0.4, 0.5) is 0 Å². The van der Waals surface area contributed by atoms with Gasteiger partial charge in [-0.25, -0.2) is 4.99 Å². The van der Waals surface area contributed by atoms with Crippen LogP contribution in [0.25, 0.3) is 0 Å². The molecular weight excluding hydrogens is 406 g/mol. The molecule has 0 saturated carbocycles. The third-order valence-electron chi connectivity index (χ3n) is 5.68. The number of guanidine groups is 1. The molecule has 0 radical (unpaired) electrons. The Balaban J connectivity index is 1.81. The number of nitrogens with one attached hydrogen (secondary N) is 2. The summed E-state index contributed by atoms with van der Waals surface area (Å²) >= 11 is 0. The number of nitrogens with two attached hydrogens (primary N) is 2. The lowest BCUT2D eigenvalue weighted by Crippen LogP contribution is -2.35. The number of methoxy groups -OCH3 is 2. The zero-order valence-electron chi connectivity index (χ0n) is 19.0. The molecule has 1 aliphatic rings. The minimum Gasteiger partial charge on any atom is -0.497 e. The van der Waals surface area contributed by atoms with Gasteiger partial charge in [-0.2, -0.15) is 0 Å². The van der Waals surface area contributed by atoms with Crippen LogP contribution in [0.1, 0.15) is 52.7 Å². The number of amides is 1. The Morgan fingerprint density at radius 1 is 1.09 bits per heavy atom. The normalized spacial score (nSPS) is 18.0. The average molecular weight is 440 g/mol. The van der Waals surface area contributed by atoms with Crippen molar-refractivity contribution in [3.63, 3.8) is 0 Å². The van der Waals surface area contributed by atoms with Crippen LogP contribution in [0.5, 0.6) is 11.5 Å². The maximum absolute atomic E-state index is 13.0. The predicted molar refractivity (Wildman–Crippen MR) is 126 cm³/mol. The summed E-state index contributed by atoms with van der Waals surface area (Å²) in [7, 11) is 3.20. The van der Waals surface area contributed by atoms with Gasteiger partial charge in [-0.1, -0.05) is 6.07 Å². The molecule has 1 amide bonds. The van der Waals surface area contributed by atoms with E-state index in [1.165, 1.54) is 0 Å². The summed E-state index contributed by atoms with van der Waals surface area (Å²) in [6, 6.07) is 11.9. The summed E-state index contributed by atoms with van der Waals surface area (Å²) in [5.74, 6) is 1.62. The molecule has 6 N–H and O–H groups in total. The summed E-state index contributed by atoms with van der Waals surface area (Å²) in [4.78, 5) is 17.2. The Morgan fingerprint density at radius 3 is 2.44 bits per heavy atom. The second kappa shape index (κ2) is 10.9. The molecule has 2 atom stereocenters. The maximum Gasteiger partial charge on any atom is 0.251 e. The van der Waals surface area contributed by atoms with Gasteiger partial charge in [0.2, 0.25) is 0 Å². The Morgan fingerprint density at radius 2 is 1.81 bits per heavy atom. The summed E-state index contributed by atoms with van der Waals surface area (Å²) in [6.45, 7) is 3.84. The smallest absolute Gasteiger partial charge is 0.251 e. The third-order valence-corrected chi connectivity index (χ3v) is 5.68. The number of nitrogens with zero attached hydrogens (tertiary/aromatic N) is 1. The number of hydrogen-bond donors (Lipinski definition) is 4. The molecule has 0 aromatic heterocycles. The zero-order valence-corrected chi connectivity index (χ0v) is 19.0. The first-order valence-corrected chi connectivity index (χ1v) is 10.8. The van der Waals surface area contributed by atoms with E-state index in [1.807, 2.05) is 24.3 Å². The van der Waals surface area contributed by atoms with Crippen molar-refractivity contribution in [3.05, 3.63) is 58.7 Å². The van der Waals surface area contributed by atoms with Gasteiger partial charge in [0.25, 0.3) is 5.91 Å². The molecule has 0 bridgehead atoms. The first-order valence-electron chi connectivity index (χ1n) is 10.8. The number of carbonyl (C=O) groups is 1. The van der Waals surface area contributed by atoms with Crippen LogP contribution in [0.3, 0.4) is 0 Å². The Labute approximate surface area is 189 Å². The van der Waals surface area contributed by atoms with Crippen molar-refractivity contribution in [2.24, 2.45) is 16.5 Å². The summed E-state index contributed by atoms with van der Waals surface area (Å²) < 4.78 is 10.6. The van der Waals surface area contributed by atoms with E-state index in [1.54, 1.807) is 20.3 Å². The average Bonchev–Trinajstić information content (AvgIpc) is 2.80. The van der Waals surface area contributed by atoms with Crippen molar-refractivity contribution >= 4 is 11.9 Å². The standard InChI is InChI=1S/C24H33N5O3/c1-15-6-18(4-5-27-15)19-7-16(14-29-24(25)26)8-20(11-19)23(30)28-13-17-9-21(31-2)12-22(10-17)32-3/h7-12,15,18,27H,4-6,13-14H2,1-3H3,(H,28,30)(H4,25,26,29). The van der Waals surface area contributed by atoms with E-state index in [-0.39, 0.29) is 11.9 Å². The highest BCUT2D eigenvalue weighted by atomic mass is 16.5. The van der Waals surface area contributed by atoms with Crippen LogP contribution >= 0.6 is 0 Å². The lowest BCUT2D eigenvalue weighted by atomic mass is 9.85. The molecule has 8 nitrogen and oxygen atoms in total. The van der Waals surface area contributed by atoms with Crippen molar-refractivity contribution in [2.45, 2.75) is 44.8 Å². The van der Waals surface area contributed by atoms with Crippen LogP contribution in [0.2, 0.25) is 0 Å². The molecule has 1 saturated heterocycles. The third kappa shape index (κ3) is 6.37. The van der Waals surface area contributed by atoms with Gasteiger partial charge >= 0.3 is 0 Å². The molecular formula is C24H33N5O3. The van der Waals surface area contributed by atoms with E-state index < -0.39 is 0 Å². The number of hydrogen-bond acceptors (Lipinski definition) is 5. The number of piperidine rings is 1. The largest absolute Gasteiger partial charge is 0.497 e. The van der Waals surface area contributed by atoms with Gasteiger partial charge in [-0.15, -0.1) is 0 Å². The van der Waals surface area contributed by atoms with Crippen LogP contribution in [0.15, 0.2) is 41.4 Å². The summed E-state index contributed by atoms with van der Waals surface area (Å²) in [6.07, 6.45) is 2.05. The molecule has 1 fully saturated rings. The quantitative estimate of drug-likeness (QED) is 0.369. The Kier molecular flexibility index (Phi) is 7.94. The number of benzene rings is 2. The van der Waals surface area contributed by atoms with Gasteiger partial charge in [0.1, 0.15) is 11.5 Å². The van der Waals surface area contributed by atoms with Crippen LogP contribution in [0, 0.1) is 0 Å². The summed E-state index contributed by atoms with van der Waals surface area (Å²) in [5, 5.41) is 6.48. The van der Waals surface area contributed by atoms with E-state index in [4.69, 9.17) is 20.9 Å². The van der Waals surface area contributed by atoms with Gasteiger partial charge in [0, 0.05) is 24.2 Å². The van der Waals surface area contributed by atoms with E-state index in [0.717, 1.165) is 36.1 Å². The molecule has 2 aromatic carbocycles. The van der Waals surface area contributed by atoms with Crippen molar-refractivity contribution < 1.29 is 14.3 Å². The van der Waals surface area contributed by atoms with Crippen LogP contribution < -0.4 is 31.6 Å². The van der Waals surface area contributed by atoms with Crippen LogP contribution in [-0.2, 0) is 13.1 Å². The Hall–Kier alpha value is -3.26. The fourth-order valence-electron chi connectivity index (χ4n) is 4.05. The van der Waals surface area contributed by atoms with E-state index in [9.17, 15) is 4.79 Å². The van der Waals surface area contributed by atoms with Gasteiger partial charge in [0.15, 0.2) is 5.96 Å². The van der Waals surface area contributed by atoms with Crippen molar-refractivity contribution in [2.75, 3.05) is 20.8 Å². The topological polar surface area (TPSA) is 124 Å². The van der Waals surface area contributed by atoms with Gasteiger partial charge in [0.05, 0.1) is 20.8 Å². The molecule has 32 heavy (non-hydrogen) atoms. The Bertz CT molecular complexity index is 950. The van der Waals surface area contributed by atoms with Crippen molar-refractivity contribution in [1.29, 1.82) is 0 Å². The number of carbonyl (C=O) groups excluding carboxylic acids is 1. The maximum atomic E-state index is 13.0. The minimum atomic E-state index is -0.151. The molecule has 2 unspecified atom stereocenters. The second-order valence-electron chi connectivity index (χ2n) is 8.18. The fraction of sp³-hybridized carbons (Fsp3) is 0.417. The SMILES string of the molecule is COc1cc(CNC(=O)c2cc(CN=C(N)N)cc(C3CCNC(C)C3)c2)cc(OC)c1. The highest BCUT2D eigenvalue weighted by Crippen LogP contribution is 2.29. The monoisotopic (exact) mass is 439 g/mol. The van der Waals surface area contributed by atoms with Gasteiger partial charge < -0.3 is 31.6 Å². The van der Waals surface area contributed by atoms with E-state index in [0.29, 0.717) is 42.1 Å². The molecule has 1 aliphatic heterocycles. The highest BCUT2D eigenvalue weighted by Gasteiger charge is 2.21. The molecule has 1 heterocycles. The zero-order chi connectivity index (χ0) is 23.1. The predicted octanol–water partition coefficient (Wildman–Crippen LogP) is 2.26. The molecule has 0 aliphatic carbocycles. The number of aliphatic imine (C=N–C) groups is 1. The van der Waals surface area contributed by atoms with Crippen LogP contribution in [-0.4, -0.2) is 38.7 Å². The van der Waals surface area contributed by atoms with Crippen molar-refractivity contribution in [3.8, 4) is 11.5 Å². The van der Waals surface area contributed by atoms with E-state index in [2.05, 4.69) is 28.6 Å². The number of rotatable bonds is 8. The first kappa shape index (κ1) is 23.4.